The molecule has 37 heavy (non-hydrogen) atoms. The Kier molecular flexibility index (Phi) is 4.93. The predicted octanol–water partition coefficient (Wildman–Crippen LogP) is 3.69. The zero-order chi connectivity index (χ0) is 25.4. The second-order valence-electron chi connectivity index (χ2n) is 9.46. The number of carbonyl (C=O) groups excluding carboxylic acids is 1. The average molecular weight is 522 g/mol. The van der Waals surface area contributed by atoms with Gasteiger partial charge in [0, 0.05) is 23.5 Å². The van der Waals surface area contributed by atoms with E-state index in [1.165, 1.54) is 16.9 Å². The van der Waals surface area contributed by atoms with E-state index in [0.717, 1.165) is 27.3 Å². The highest BCUT2D eigenvalue weighted by Gasteiger charge is 2.46. The summed E-state index contributed by atoms with van der Waals surface area (Å²) < 4.78 is 38.1. The maximum absolute atomic E-state index is 15.3. The van der Waals surface area contributed by atoms with Crippen LogP contribution in [0, 0.1) is 11.6 Å². The van der Waals surface area contributed by atoms with Crippen molar-refractivity contribution in [2.45, 2.75) is 25.0 Å². The molecule has 1 aliphatic carbocycles. The number of amides is 1. The van der Waals surface area contributed by atoms with E-state index in [0.29, 0.717) is 25.0 Å². The van der Waals surface area contributed by atoms with Gasteiger partial charge < -0.3 is 14.7 Å². The third-order valence-corrected chi connectivity index (χ3v) is 8.64. The van der Waals surface area contributed by atoms with Crippen molar-refractivity contribution in [1.82, 2.24) is 9.58 Å². The third kappa shape index (κ3) is 3.12. The number of aromatic nitrogens is 1. The molecule has 0 unspecified atom stereocenters. The van der Waals surface area contributed by atoms with Gasteiger partial charge in [0.25, 0.3) is 5.91 Å². The molecule has 0 saturated carbocycles. The van der Waals surface area contributed by atoms with Crippen molar-refractivity contribution < 1.29 is 23.4 Å². The van der Waals surface area contributed by atoms with Crippen LogP contribution in [0.4, 0.5) is 8.78 Å². The van der Waals surface area contributed by atoms with E-state index in [-0.39, 0.29) is 24.4 Å². The van der Waals surface area contributed by atoms with Crippen molar-refractivity contribution in [3.05, 3.63) is 97.8 Å². The summed E-state index contributed by atoms with van der Waals surface area (Å²) in [5, 5.41) is 15.6. The Bertz CT molecular complexity index is 1670. The smallest absolute Gasteiger partial charge is 0.278 e. The molecule has 1 saturated heterocycles. The monoisotopic (exact) mass is 521 g/mol. The van der Waals surface area contributed by atoms with Crippen molar-refractivity contribution in [3.8, 4) is 5.75 Å². The summed E-state index contributed by atoms with van der Waals surface area (Å²) in [5.41, 5.74) is 1.94. The minimum Gasteiger partial charge on any atom is -0.502 e. The summed E-state index contributed by atoms with van der Waals surface area (Å²) in [6.07, 6.45) is 1.66. The number of aromatic hydroxyl groups is 1. The fraction of sp³-hybridized carbons (Fsp3) is 0.259. The molecule has 2 atom stereocenters. The molecule has 188 valence electrons. The van der Waals surface area contributed by atoms with Crippen LogP contribution in [0.1, 0.15) is 38.8 Å². The molecule has 0 spiro atoms. The van der Waals surface area contributed by atoms with Gasteiger partial charge in [-0.3, -0.25) is 19.3 Å². The first-order valence-electron chi connectivity index (χ1n) is 12.0. The molecule has 0 radical (unpaired) electrons. The Labute approximate surface area is 213 Å². The molecule has 1 amide bonds. The SMILES string of the molecule is O=C1c2c(O)c(=O)ccn2N([C@H]2c3ccc(F)c(F)c3CCc3c2ccc2ccsc32)[C@@H]2COCCN12. The highest BCUT2D eigenvalue weighted by Crippen LogP contribution is 2.43. The van der Waals surface area contributed by atoms with Crippen LogP contribution < -0.4 is 10.4 Å². The van der Waals surface area contributed by atoms with Crippen LogP contribution in [-0.4, -0.2) is 46.5 Å². The molecule has 7 nitrogen and oxygen atoms in total. The largest absolute Gasteiger partial charge is 0.502 e. The van der Waals surface area contributed by atoms with Crippen molar-refractivity contribution >= 4 is 27.3 Å². The van der Waals surface area contributed by atoms with E-state index in [1.807, 2.05) is 28.6 Å². The molecule has 10 heteroatoms. The Morgan fingerprint density at radius 2 is 1.78 bits per heavy atom. The number of benzene rings is 2. The number of rotatable bonds is 1. The number of ether oxygens (including phenoxy) is 1. The molecule has 0 bridgehead atoms. The highest BCUT2D eigenvalue weighted by atomic mass is 32.1. The number of fused-ring (bicyclic) bond motifs is 6. The molecule has 1 N–H and O–H groups in total. The van der Waals surface area contributed by atoms with Crippen molar-refractivity contribution in [2.24, 2.45) is 0 Å². The second-order valence-corrected chi connectivity index (χ2v) is 10.4. The Morgan fingerprint density at radius 1 is 1.00 bits per heavy atom. The van der Waals surface area contributed by atoms with E-state index < -0.39 is 40.9 Å². The number of halogens is 2. The number of nitrogens with zero attached hydrogens (tertiary/aromatic N) is 3. The second kappa shape index (κ2) is 8.12. The van der Waals surface area contributed by atoms with Crippen molar-refractivity contribution in [3.63, 3.8) is 0 Å². The van der Waals surface area contributed by atoms with Gasteiger partial charge in [0.2, 0.25) is 5.43 Å². The summed E-state index contributed by atoms with van der Waals surface area (Å²) in [6.45, 7) is 0.738. The van der Waals surface area contributed by atoms with Crippen LogP contribution in [-0.2, 0) is 17.6 Å². The summed E-state index contributed by atoms with van der Waals surface area (Å²) in [4.78, 5) is 27.4. The Hall–Kier alpha value is -3.76. The molecule has 2 aliphatic heterocycles. The third-order valence-electron chi connectivity index (χ3n) is 7.65. The summed E-state index contributed by atoms with van der Waals surface area (Å²) in [5.74, 6) is -2.92. The quantitative estimate of drug-likeness (QED) is 0.414. The molecule has 3 aliphatic rings. The van der Waals surface area contributed by atoms with E-state index >= 15 is 4.39 Å². The highest BCUT2D eigenvalue weighted by molar-refractivity contribution is 7.17. The molecular formula is C27H21F2N3O4S. The van der Waals surface area contributed by atoms with Gasteiger partial charge in [-0.2, -0.15) is 0 Å². The van der Waals surface area contributed by atoms with E-state index in [2.05, 4.69) is 0 Å². The minimum atomic E-state index is -0.914. The lowest BCUT2D eigenvalue weighted by Crippen LogP contribution is -2.66. The number of aryl methyl sites for hydroxylation is 1. The van der Waals surface area contributed by atoms with Crippen LogP contribution in [0.5, 0.6) is 5.75 Å². The topological polar surface area (TPSA) is 75.0 Å². The normalized spacial score (nSPS) is 20.8. The summed E-state index contributed by atoms with van der Waals surface area (Å²) in [7, 11) is 0. The summed E-state index contributed by atoms with van der Waals surface area (Å²) in [6, 6.07) is 9.31. The number of thiophene rings is 1. The average Bonchev–Trinajstić information content (AvgIpc) is 3.32. The Morgan fingerprint density at radius 3 is 2.65 bits per heavy atom. The van der Waals surface area contributed by atoms with E-state index in [4.69, 9.17) is 4.74 Å². The fourth-order valence-electron chi connectivity index (χ4n) is 5.97. The fourth-order valence-corrected chi connectivity index (χ4v) is 6.96. The zero-order valence-corrected chi connectivity index (χ0v) is 20.3. The molecule has 4 aromatic rings. The predicted molar refractivity (Wildman–Crippen MR) is 134 cm³/mol. The first kappa shape index (κ1) is 22.4. The zero-order valence-electron chi connectivity index (χ0n) is 19.5. The standard InChI is InChI=1S/C27H21F2N3O4S/c28-19-6-5-16-15(22(19)29)3-4-18-17(2-1-14-8-12-37-26(14)18)23(16)32-21-13-36-11-10-30(21)27(35)24-25(34)20(33)7-9-31(24)32/h1-2,5-9,12,21,23,34H,3-4,10-11,13H2/t21-,23+/m1/s1. The van der Waals surface area contributed by atoms with E-state index in [9.17, 15) is 19.1 Å². The minimum absolute atomic E-state index is 0.155. The lowest BCUT2D eigenvalue weighted by atomic mass is 9.92. The van der Waals surface area contributed by atoms with Gasteiger partial charge in [0.15, 0.2) is 23.1 Å². The number of carbonyl (C=O) groups is 1. The van der Waals surface area contributed by atoms with Gasteiger partial charge in [0.05, 0.1) is 19.3 Å². The number of morpholine rings is 1. The molecule has 7 rings (SSSR count). The van der Waals surface area contributed by atoms with Crippen LogP contribution in [0.3, 0.4) is 0 Å². The summed E-state index contributed by atoms with van der Waals surface area (Å²) >= 11 is 1.60. The van der Waals surface area contributed by atoms with Crippen LogP contribution in [0.2, 0.25) is 0 Å². The first-order chi connectivity index (χ1) is 18.0. The number of pyridine rings is 1. The maximum atomic E-state index is 15.3. The number of hydrogen-bond acceptors (Lipinski definition) is 6. The van der Waals surface area contributed by atoms with Gasteiger partial charge in [0.1, 0.15) is 6.17 Å². The Balaban J connectivity index is 1.57. The van der Waals surface area contributed by atoms with Gasteiger partial charge in [-0.1, -0.05) is 18.2 Å². The van der Waals surface area contributed by atoms with Crippen LogP contribution >= 0.6 is 11.3 Å². The van der Waals surface area contributed by atoms with Gasteiger partial charge in [-0.05, 0) is 58.0 Å². The molecular weight excluding hydrogens is 500 g/mol. The van der Waals surface area contributed by atoms with Crippen molar-refractivity contribution in [2.75, 3.05) is 24.8 Å². The number of hydrogen-bond donors (Lipinski definition) is 1. The molecule has 2 aromatic heterocycles. The lowest BCUT2D eigenvalue weighted by Gasteiger charge is -2.51. The molecule has 1 fully saturated rings. The molecule has 2 aromatic carbocycles. The van der Waals surface area contributed by atoms with Gasteiger partial charge in [-0.25, -0.2) is 8.78 Å². The maximum Gasteiger partial charge on any atom is 0.278 e. The van der Waals surface area contributed by atoms with Crippen LogP contribution in [0.15, 0.2) is 52.8 Å². The first-order valence-corrected chi connectivity index (χ1v) is 12.9. The lowest BCUT2D eigenvalue weighted by molar-refractivity contribution is -0.0197. The van der Waals surface area contributed by atoms with Gasteiger partial charge >= 0.3 is 0 Å². The molecule has 4 heterocycles. The van der Waals surface area contributed by atoms with Gasteiger partial charge in [-0.15, -0.1) is 11.3 Å². The van der Waals surface area contributed by atoms with Crippen molar-refractivity contribution in [1.29, 1.82) is 0 Å². The van der Waals surface area contributed by atoms with Crippen LogP contribution in [0.25, 0.3) is 10.1 Å². The van der Waals surface area contributed by atoms with E-state index in [1.54, 1.807) is 22.3 Å².